The van der Waals surface area contributed by atoms with Gasteiger partial charge in [0, 0.05) is 19.3 Å². The standard InChI is InChI=1S/C19H22N2O2/c1-21-13-16(11-12-17(21)22)19(23)20-18(15-9-5-6-10-15)14-7-3-2-4-8-14/h2-4,7-8,11-13,15,18H,5-6,9-10H2,1H3,(H,20,23)/t18-/m1/s1. The minimum absolute atomic E-state index is 0.0310. The van der Waals surface area contributed by atoms with Crippen LogP contribution in [0.4, 0.5) is 0 Å². The number of carbonyl (C=O) groups is 1. The van der Waals surface area contributed by atoms with Crippen molar-refractivity contribution in [2.45, 2.75) is 31.7 Å². The molecule has 0 radical (unpaired) electrons. The Morgan fingerprint density at radius 3 is 2.48 bits per heavy atom. The van der Waals surface area contributed by atoms with Gasteiger partial charge in [0.25, 0.3) is 5.91 Å². The van der Waals surface area contributed by atoms with Crippen LogP contribution in [0, 0.1) is 5.92 Å². The molecule has 0 aliphatic heterocycles. The van der Waals surface area contributed by atoms with Crippen LogP contribution in [-0.2, 0) is 7.05 Å². The van der Waals surface area contributed by atoms with E-state index in [1.807, 2.05) is 18.2 Å². The first-order chi connectivity index (χ1) is 11.1. The third kappa shape index (κ3) is 3.52. The van der Waals surface area contributed by atoms with Gasteiger partial charge >= 0.3 is 0 Å². The number of aryl methyl sites for hydroxylation is 1. The monoisotopic (exact) mass is 310 g/mol. The minimum atomic E-state index is -0.124. The Labute approximate surface area is 136 Å². The first-order valence-electron chi connectivity index (χ1n) is 8.17. The highest BCUT2D eigenvalue weighted by Crippen LogP contribution is 2.35. The molecule has 1 saturated carbocycles. The van der Waals surface area contributed by atoms with Crippen molar-refractivity contribution < 1.29 is 4.79 Å². The summed E-state index contributed by atoms with van der Waals surface area (Å²) in [6.07, 6.45) is 6.34. The van der Waals surface area contributed by atoms with Crippen molar-refractivity contribution in [3.05, 3.63) is 70.1 Å². The molecule has 3 rings (SSSR count). The molecule has 1 heterocycles. The molecule has 0 bridgehead atoms. The number of pyridine rings is 1. The summed E-state index contributed by atoms with van der Waals surface area (Å²) in [6.45, 7) is 0. The van der Waals surface area contributed by atoms with Gasteiger partial charge in [-0.25, -0.2) is 0 Å². The van der Waals surface area contributed by atoms with Gasteiger partial charge in [-0.3, -0.25) is 9.59 Å². The van der Waals surface area contributed by atoms with Crippen LogP contribution in [0.15, 0.2) is 53.5 Å². The predicted molar refractivity (Wildman–Crippen MR) is 90.3 cm³/mol. The summed E-state index contributed by atoms with van der Waals surface area (Å²) in [5, 5.41) is 3.18. The summed E-state index contributed by atoms with van der Waals surface area (Å²) in [5.74, 6) is 0.357. The number of hydrogen-bond acceptors (Lipinski definition) is 2. The van der Waals surface area contributed by atoms with Gasteiger partial charge in [-0.2, -0.15) is 0 Å². The number of hydrogen-bond donors (Lipinski definition) is 1. The highest BCUT2D eigenvalue weighted by atomic mass is 16.2. The van der Waals surface area contributed by atoms with E-state index in [2.05, 4.69) is 17.4 Å². The zero-order valence-corrected chi connectivity index (χ0v) is 13.4. The second kappa shape index (κ2) is 6.82. The lowest BCUT2D eigenvalue weighted by molar-refractivity contribution is 0.0921. The third-order valence-electron chi connectivity index (χ3n) is 4.66. The van der Waals surface area contributed by atoms with Crippen LogP contribution in [0.1, 0.15) is 47.6 Å². The minimum Gasteiger partial charge on any atom is -0.345 e. The topological polar surface area (TPSA) is 51.1 Å². The molecular weight excluding hydrogens is 288 g/mol. The molecule has 4 heteroatoms. The largest absolute Gasteiger partial charge is 0.345 e. The maximum atomic E-state index is 12.6. The average Bonchev–Trinajstić information content (AvgIpc) is 3.10. The van der Waals surface area contributed by atoms with Crippen molar-refractivity contribution in [1.82, 2.24) is 9.88 Å². The summed E-state index contributed by atoms with van der Waals surface area (Å²) in [7, 11) is 1.66. The molecule has 1 N–H and O–H groups in total. The Morgan fingerprint density at radius 1 is 1.13 bits per heavy atom. The maximum Gasteiger partial charge on any atom is 0.253 e. The second-order valence-corrected chi connectivity index (χ2v) is 6.27. The number of aromatic nitrogens is 1. The van der Waals surface area contributed by atoms with E-state index < -0.39 is 0 Å². The zero-order valence-electron chi connectivity index (χ0n) is 13.4. The molecule has 1 aromatic heterocycles. The molecule has 23 heavy (non-hydrogen) atoms. The van der Waals surface area contributed by atoms with Crippen LogP contribution in [-0.4, -0.2) is 10.5 Å². The van der Waals surface area contributed by atoms with Crippen molar-refractivity contribution in [3.63, 3.8) is 0 Å². The normalized spacial score (nSPS) is 16.2. The molecule has 0 saturated heterocycles. The van der Waals surface area contributed by atoms with E-state index in [1.54, 1.807) is 19.3 Å². The molecule has 0 spiro atoms. The van der Waals surface area contributed by atoms with E-state index >= 15 is 0 Å². The molecule has 2 aromatic rings. The van der Waals surface area contributed by atoms with Gasteiger partial charge in [0.15, 0.2) is 0 Å². The Morgan fingerprint density at radius 2 is 1.83 bits per heavy atom. The van der Waals surface area contributed by atoms with Gasteiger partial charge in [0.2, 0.25) is 5.56 Å². The van der Waals surface area contributed by atoms with Gasteiger partial charge in [-0.15, -0.1) is 0 Å². The smallest absolute Gasteiger partial charge is 0.253 e. The van der Waals surface area contributed by atoms with Crippen LogP contribution in [0.3, 0.4) is 0 Å². The van der Waals surface area contributed by atoms with Crippen molar-refractivity contribution in [2.75, 3.05) is 0 Å². The summed E-state index contributed by atoms with van der Waals surface area (Å²) in [5.41, 5.74) is 1.56. The van der Waals surface area contributed by atoms with E-state index in [0.29, 0.717) is 11.5 Å². The van der Waals surface area contributed by atoms with E-state index in [9.17, 15) is 9.59 Å². The van der Waals surface area contributed by atoms with Crippen LogP contribution >= 0.6 is 0 Å². The van der Waals surface area contributed by atoms with Crippen LogP contribution in [0.5, 0.6) is 0 Å². The van der Waals surface area contributed by atoms with Crippen LogP contribution in [0.2, 0.25) is 0 Å². The predicted octanol–water partition coefficient (Wildman–Crippen LogP) is 3.05. The van der Waals surface area contributed by atoms with Gasteiger partial charge in [-0.1, -0.05) is 43.2 Å². The molecular formula is C19H22N2O2. The first kappa shape index (κ1) is 15.5. The number of rotatable bonds is 4. The van der Waals surface area contributed by atoms with Gasteiger partial charge in [-0.05, 0) is 30.4 Å². The van der Waals surface area contributed by atoms with Gasteiger partial charge in [0.1, 0.15) is 0 Å². The lowest BCUT2D eigenvalue weighted by Gasteiger charge is -2.25. The Balaban J connectivity index is 1.84. The summed E-state index contributed by atoms with van der Waals surface area (Å²) in [6, 6.07) is 13.2. The molecule has 1 atom stereocenters. The van der Waals surface area contributed by atoms with E-state index in [-0.39, 0.29) is 17.5 Å². The number of nitrogens with zero attached hydrogens (tertiary/aromatic N) is 1. The van der Waals surface area contributed by atoms with Crippen molar-refractivity contribution in [2.24, 2.45) is 13.0 Å². The van der Waals surface area contributed by atoms with Gasteiger partial charge < -0.3 is 9.88 Å². The highest BCUT2D eigenvalue weighted by molar-refractivity contribution is 5.94. The highest BCUT2D eigenvalue weighted by Gasteiger charge is 2.28. The van der Waals surface area contributed by atoms with Gasteiger partial charge in [0.05, 0.1) is 11.6 Å². The molecule has 4 nitrogen and oxygen atoms in total. The average molecular weight is 310 g/mol. The van der Waals surface area contributed by atoms with Crippen LogP contribution in [0.25, 0.3) is 0 Å². The van der Waals surface area contributed by atoms with Crippen molar-refractivity contribution in [3.8, 4) is 0 Å². The quantitative estimate of drug-likeness (QED) is 0.943. The fourth-order valence-electron chi connectivity index (χ4n) is 3.38. The molecule has 1 fully saturated rings. The number of carbonyl (C=O) groups excluding carboxylic acids is 1. The summed E-state index contributed by atoms with van der Waals surface area (Å²) >= 11 is 0. The molecule has 120 valence electrons. The van der Waals surface area contributed by atoms with E-state index in [1.165, 1.54) is 23.5 Å². The Kier molecular flexibility index (Phi) is 4.60. The molecule has 1 aliphatic rings. The number of benzene rings is 1. The molecule has 0 unspecified atom stereocenters. The van der Waals surface area contributed by atoms with Crippen LogP contribution < -0.4 is 10.9 Å². The fourth-order valence-corrected chi connectivity index (χ4v) is 3.38. The zero-order chi connectivity index (χ0) is 16.2. The SMILES string of the molecule is Cn1cc(C(=O)N[C@H](c2ccccc2)C2CCCC2)ccc1=O. The molecule has 1 amide bonds. The summed E-state index contributed by atoms with van der Waals surface area (Å²) in [4.78, 5) is 24.1. The van der Waals surface area contributed by atoms with E-state index in [0.717, 1.165) is 18.4 Å². The maximum absolute atomic E-state index is 12.6. The molecule has 1 aromatic carbocycles. The summed E-state index contributed by atoms with van der Waals surface area (Å²) < 4.78 is 1.43. The number of nitrogens with one attached hydrogen (secondary N) is 1. The van der Waals surface area contributed by atoms with E-state index in [4.69, 9.17) is 0 Å². The molecule has 1 aliphatic carbocycles. The Bertz CT molecular complexity index is 731. The number of amides is 1. The van der Waals surface area contributed by atoms with Crippen molar-refractivity contribution >= 4 is 5.91 Å². The Hall–Kier alpha value is -2.36. The third-order valence-corrected chi connectivity index (χ3v) is 4.66. The fraction of sp³-hybridized carbons (Fsp3) is 0.368. The first-order valence-corrected chi connectivity index (χ1v) is 8.17. The second-order valence-electron chi connectivity index (χ2n) is 6.27. The lowest BCUT2D eigenvalue weighted by atomic mass is 9.91. The van der Waals surface area contributed by atoms with Crippen molar-refractivity contribution in [1.29, 1.82) is 0 Å². The lowest BCUT2D eigenvalue weighted by Crippen LogP contribution is -2.33.